The number of carbonyl (C=O) groups is 3. The summed E-state index contributed by atoms with van der Waals surface area (Å²) in [5, 5.41) is 3.11. The number of ether oxygens (including phenoxy) is 1. The first-order valence-corrected chi connectivity index (χ1v) is 10.4. The normalized spacial score (nSPS) is 15.8. The van der Waals surface area contributed by atoms with E-state index < -0.39 is 5.97 Å². The van der Waals surface area contributed by atoms with Crippen molar-refractivity contribution in [2.24, 2.45) is 0 Å². The van der Waals surface area contributed by atoms with Crippen molar-refractivity contribution < 1.29 is 19.1 Å². The molecule has 3 rings (SSSR count). The monoisotopic (exact) mass is 412 g/mol. The molecule has 0 fully saturated rings. The molecule has 152 valence electrons. The molecule has 0 radical (unpaired) electrons. The third kappa shape index (κ3) is 5.60. The van der Waals surface area contributed by atoms with Gasteiger partial charge in [0.2, 0.25) is 5.91 Å². The number of hydrogen-bond acceptors (Lipinski definition) is 5. The number of esters is 1. The zero-order chi connectivity index (χ0) is 20.8. The fraction of sp³-hybridized carbons (Fsp3) is 0.318. The van der Waals surface area contributed by atoms with E-state index in [1.807, 2.05) is 24.3 Å². The van der Waals surface area contributed by atoms with Crippen LogP contribution in [0.5, 0.6) is 0 Å². The lowest BCUT2D eigenvalue weighted by atomic mass is 10.1. The van der Waals surface area contributed by atoms with Crippen LogP contribution in [-0.2, 0) is 20.9 Å². The molecule has 0 aromatic heterocycles. The number of nitrogens with zero attached hydrogens (tertiary/aromatic N) is 1. The lowest BCUT2D eigenvalue weighted by Crippen LogP contribution is -2.35. The predicted octanol–water partition coefficient (Wildman–Crippen LogP) is 3.40. The minimum absolute atomic E-state index is 0.116. The van der Waals surface area contributed by atoms with Gasteiger partial charge in [0.1, 0.15) is 0 Å². The Labute approximate surface area is 174 Å². The van der Waals surface area contributed by atoms with Gasteiger partial charge in [0.05, 0.1) is 11.3 Å². The SMILES string of the molecule is CC(=O)NCc1ccc(C(=O)OCC(=O)N2CCC(C)Sc3ccccc32)cc1. The minimum Gasteiger partial charge on any atom is -0.452 e. The quantitative estimate of drug-likeness (QED) is 0.762. The van der Waals surface area contributed by atoms with Crippen molar-refractivity contribution >= 4 is 35.2 Å². The first-order chi connectivity index (χ1) is 13.9. The maximum Gasteiger partial charge on any atom is 0.338 e. The number of fused-ring (bicyclic) bond motifs is 1. The van der Waals surface area contributed by atoms with Crippen LogP contribution >= 0.6 is 11.8 Å². The van der Waals surface area contributed by atoms with Crippen molar-refractivity contribution in [3.63, 3.8) is 0 Å². The molecule has 1 atom stereocenters. The number of anilines is 1. The standard InChI is InChI=1S/C22H24N2O4S/c1-15-11-12-24(19-5-3-4-6-20(19)29-15)21(26)14-28-22(27)18-9-7-17(8-10-18)13-23-16(2)25/h3-10,15H,11-14H2,1-2H3,(H,23,25). The molecular formula is C22H24N2O4S. The molecule has 2 amide bonds. The van der Waals surface area contributed by atoms with Gasteiger partial charge in [-0.3, -0.25) is 9.59 Å². The van der Waals surface area contributed by atoms with Crippen LogP contribution in [0.3, 0.4) is 0 Å². The Bertz CT molecular complexity index is 898. The maximum absolute atomic E-state index is 12.8. The molecule has 1 aliphatic heterocycles. The van der Waals surface area contributed by atoms with Crippen LogP contribution in [0.2, 0.25) is 0 Å². The number of amides is 2. The number of para-hydroxylation sites is 1. The molecule has 0 saturated carbocycles. The lowest BCUT2D eigenvalue weighted by Gasteiger charge is -2.22. The second-order valence-corrected chi connectivity index (χ2v) is 8.39. The van der Waals surface area contributed by atoms with Gasteiger partial charge in [-0.25, -0.2) is 4.79 Å². The molecule has 2 aromatic carbocycles. The summed E-state index contributed by atoms with van der Waals surface area (Å²) in [5.41, 5.74) is 2.11. The van der Waals surface area contributed by atoms with E-state index in [1.54, 1.807) is 40.9 Å². The summed E-state index contributed by atoms with van der Waals surface area (Å²) in [4.78, 5) is 38.8. The Morgan fingerprint density at radius 3 is 2.59 bits per heavy atom. The Hall–Kier alpha value is -2.80. The van der Waals surface area contributed by atoms with Crippen LogP contribution in [0.25, 0.3) is 0 Å². The molecular weight excluding hydrogens is 388 g/mol. The Morgan fingerprint density at radius 1 is 1.14 bits per heavy atom. The van der Waals surface area contributed by atoms with Gasteiger partial charge in [-0.1, -0.05) is 31.2 Å². The van der Waals surface area contributed by atoms with Crippen molar-refractivity contribution in [2.75, 3.05) is 18.1 Å². The Balaban J connectivity index is 1.60. The van der Waals surface area contributed by atoms with E-state index in [0.717, 1.165) is 22.6 Å². The molecule has 29 heavy (non-hydrogen) atoms. The largest absolute Gasteiger partial charge is 0.452 e. The third-order valence-corrected chi connectivity index (χ3v) is 5.84. The molecule has 1 aliphatic rings. The minimum atomic E-state index is -0.546. The molecule has 1 unspecified atom stereocenters. The Morgan fingerprint density at radius 2 is 1.86 bits per heavy atom. The maximum atomic E-state index is 12.8. The van der Waals surface area contributed by atoms with E-state index in [1.165, 1.54) is 6.92 Å². The predicted molar refractivity (Wildman–Crippen MR) is 113 cm³/mol. The van der Waals surface area contributed by atoms with Gasteiger partial charge in [-0.2, -0.15) is 0 Å². The van der Waals surface area contributed by atoms with Gasteiger partial charge < -0.3 is 15.0 Å². The lowest BCUT2D eigenvalue weighted by molar-refractivity contribution is -0.121. The summed E-state index contributed by atoms with van der Waals surface area (Å²) < 4.78 is 5.26. The molecule has 0 bridgehead atoms. The average molecular weight is 413 g/mol. The first-order valence-electron chi connectivity index (χ1n) is 9.50. The summed E-state index contributed by atoms with van der Waals surface area (Å²) >= 11 is 1.75. The van der Waals surface area contributed by atoms with Crippen LogP contribution < -0.4 is 10.2 Å². The van der Waals surface area contributed by atoms with Gasteiger partial charge >= 0.3 is 5.97 Å². The fourth-order valence-electron chi connectivity index (χ4n) is 3.02. The Kier molecular flexibility index (Phi) is 6.93. The van der Waals surface area contributed by atoms with Gasteiger partial charge in [-0.15, -0.1) is 11.8 Å². The van der Waals surface area contributed by atoms with Gasteiger partial charge in [-0.05, 0) is 36.2 Å². The van der Waals surface area contributed by atoms with Crippen molar-refractivity contribution in [1.82, 2.24) is 5.32 Å². The summed E-state index contributed by atoms with van der Waals surface area (Å²) in [5.74, 6) is -0.895. The molecule has 0 saturated heterocycles. The van der Waals surface area contributed by atoms with Crippen LogP contribution in [-0.4, -0.2) is 36.2 Å². The van der Waals surface area contributed by atoms with Crippen molar-refractivity contribution in [2.45, 2.75) is 37.0 Å². The highest BCUT2D eigenvalue weighted by molar-refractivity contribution is 8.00. The molecule has 0 spiro atoms. The summed E-state index contributed by atoms with van der Waals surface area (Å²) in [6, 6.07) is 14.6. The molecule has 1 heterocycles. The smallest absolute Gasteiger partial charge is 0.338 e. The van der Waals surface area contributed by atoms with E-state index >= 15 is 0 Å². The van der Waals surface area contributed by atoms with Crippen molar-refractivity contribution in [3.8, 4) is 0 Å². The second-order valence-electron chi connectivity index (χ2n) is 6.91. The number of carbonyl (C=O) groups excluding carboxylic acids is 3. The number of thioether (sulfide) groups is 1. The first kappa shape index (κ1) is 20.9. The highest BCUT2D eigenvalue weighted by atomic mass is 32.2. The number of nitrogens with one attached hydrogen (secondary N) is 1. The van der Waals surface area contributed by atoms with Gasteiger partial charge in [0, 0.05) is 30.2 Å². The van der Waals surface area contributed by atoms with E-state index in [9.17, 15) is 14.4 Å². The summed E-state index contributed by atoms with van der Waals surface area (Å²) in [7, 11) is 0. The third-order valence-electron chi connectivity index (χ3n) is 4.60. The van der Waals surface area contributed by atoms with Crippen LogP contribution in [0, 0.1) is 0 Å². The number of benzene rings is 2. The zero-order valence-corrected chi connectivity index (χ0v) is 17.3. The zero-order valence-electron chi connectivity index (χ0n) is 16.5. The van der Waals surface area contributed by atoms with Gasteiger partial charge in [0.25, 0.3) is 5.91 Å². The van der Waals surface area contributed by atoms with Crippen molar-refractivity contribution in [3.05, 3.63) is 59.7 Å². The summed E-state index contributed by atoms with van der Waals surface area (Å²) in [6.45, 7) is 4.28. The van der Waals surface area contributed by atoms with E-state index in [2.05, 4.69) is 12.2 Å². The number of hydrogen-bond donors (Lipinski definition) is 1. The molecule has 2 aromatic rings. The molecule has 6 nitrogen and oxygen atoms in total. The second kappa shape index (κ2) is 9.60. The van der Waals surface area contributed by atoms with Crippen LogP contribution in [0.15, 0.2) is 53.4 Å². The van der Waals surface area contributed by atoms with Gasteiger partial charge in [0.15, 0.2) is 6.61 Å². The molecule has 0 aliphatic carbocycles. The average Bonchev–Trinajstić information content (AvgIpc) is 2.88. The highest BCUT2D eigenvalue weighted by Gasteiger charge is 2.25. The highest BCUT2D eigenvalue weighted by Crippen LogP contribution is 2.37. The van der Waals surface area contributed by atoms with Crippen molar-refractivity contribution in [1.29, 1.82) is 0 Å². The number of rotatable bonds is 5. The molecule has 1 N–H and O–H groups in total. The topological polar surface area (TPSA) is 75.7 Å². The van der Waals surface area contributed by atoms with E-state index in [-0.39, 0.29) is 18.4 Å². The fourth-order valence-corrected chi connectivity index (χ4v) is 4.13. The van der Waals surface area contributed by atoms with E-state index in [0.29, 0.717) is 23.9 Å². The van der Waals surface area contributed by atoms with Crippen LogP contribution in [0.1, 0.15) is 36.2 Å². The van der Waals surface area contributed by atoms with E-state index in [4.69, 9.17) is 4.74 Å². The van der Waals surface area contributed by atoms with Crippen LogP contribution in [0.4, 0.5) is 5.69 Å². The summed E-state index contributed by atoms with van der Waals surface area (Å²) in [6.07, 6.45) is 0.870. The molecule has 7 heteroatoms.